The predicted octanol–water partition coefficient (Wildman–Crippen LogP) is 4.82. The summed E-state index contributed by atoms with van der Waals surface area (Å²) in [4.78, 5) is 34.5. The van der Waals surface area contributed by atoms with Crippen molar-refractivity contribution >= 4 is 38.6 Å². The van der Waals surface area contributed by atoms with Gasteiger partial charge in [-0.15, -0.1) is 0 Å². The molecular weight excluding hydrogens is 506 g/mol. The van der Waals surface area contributed by atoms with Gasteiger partial charge in [0.2, 0.25) is 11.8 Å². The van der Waals surface area contributed by atoms with Crippen LogP contribution < -0.4 is 4.74 Å². The van der Waals surface area contributed by atoms with Gasteiger partial charge in [0.1, 0.15) is 18.3 Å². The number of H-pyrrole nitrogens is 1. The van der Waals surface area contributed by atoms with Crippen LogP contribution in [0.25, 0.3) is 10.9 Å². The van der Waals surface area contributed by atoms with Crippen LogP contribution in [0, 0.1) is 0 Å². The zero-order valence-corrected chi connectivity index (χ0v) is 20.8. The van der Waals surface area contributed by atoms with Gasteiger partial charge in [-0.05, 0) is 47.0 Å². The van der Waals surface area contributed by atoms with Crippen molar-refractivity contribution in [2.24, 2.45) is 0 Å². The molecule has 2 aliphatic rings. The first-order valence-corrected chi connectivity index (χ1v) is 12.4. The number of hydrogen-bond donors (Lipinski definition) is 1. The van der Waals surface area contributed by atoms with Crippen LogP contribution in [0.15, 0.2) is 77.3 Å². The minimum atomic E-state index is -0.546. The Hall–Kier alpha value is -3.58. The van der Waals surface area contributed by atoms with Crippen LogP contribution in [0.5, 0.6) is 5.75 Å². The van der Waals surface area contributed by atoms with Gasteiger partial charge >= 0.3 is 0 Å². The summed E-state index contributed by atoms with van der Waals surface area (Å²) in [7, 11) is 1.63. The number of hydrogen-bond acceptors (Lipinski definition) is 3. The molecule has 1 N–H and O–H groups in total. The molecule has 35 heavy (non-hydrogen) atoms. The molecule has 1 aromatic heterocycles. The number of nitrogens with one attached hydrogen (secondary N) is 1. The fourth-order valence-corrected chi connectivity index (χ4v) is 5.66. The van der Waals surface area contributed by atoms with Crippen molar-refractivity contribution in [1.82, 2.24) is 14.8 Å². The molecule has 0 bridgehead atoms. The second-order valence-electron chi connectivity index (χ2n) is 9.08. The van der Waals surface area contributed by atoms with E-state index in [1.807, 2.05) is 66.7 Å². The van der Waals surface area contributed by atoms with Crippen LogP contribution in [-0.4, -0.2) is 46.3 Å². The number of carbonyl (C=O) groups is 2. The highest BCUT2D eigenvalue weighted by Gasteiger charge is 2.48. The number of para-hydroxylation sites is 1. The van der Waals surface area contributed by atoms with E-state index < -0.39 is 6.04 Å². The van der Waals surface area contributed by atoms with Crippen LogP contribution >= 0.6 is 15.9 Å². The topological polar surface area (TPSA) is 65.6 Å². The number of nitrogens with zero attached hydrogens (tertiary/aromatic N) is 2. The van der Waals surface area contributed by atoms with Gasteiger partial charge in [0.15, 0.2) is 0 Å². The van der Waals surface area contributed by atoms with Crippen LogP contribution in [-0.2, 0) is 22.6 Å². The smallest absolute Gasteiger partial charge is 0.246 e. The molecule has 1 fully saturated rings. The highest BCUT2D eigenvalue weighted by atomic mass is 79.9. The molecule has 6 rings (SSSR count). The maximum atomic E-state index is 13.8. The average Bonchev–Trinajstić information content (AvgIpc) is 3.25. The van der Waals surface area contributed by atoms with Crippen molar-refractivity contribution in [2.45, 2.75) is 25.0 Å². The maximum absolute atomic E-state index is 13.8. The average molecular weight is 530 g/mol. The van der Waals surface area contributed by atoms with Crippen molar-refractivity contribution in [3.63, 3.8) is 0 Å². The first kappa shape index (κ1) is 21.9. The number of halogens is 1. The lowest BCUT2D eigenvalue weighted by Gasteiger charge is -2.47. The summed E-state index contributed by atoms with van der Waals surface area (Å²) in [6, 6.07) is 22.9. The molecule has 0 radical (unpaired) electrons. The minimum absolute atomic E-state index is 0.0153. The van der Waals surface area contributed by atoms with Crippen molar-refractivity contribution in [1.29, 1.82) is 0 Å². The number of ether oxygens (including phenoxy) is 1. The molecule has 3 heterocycles. The van der Waals surface area contributed by atoms with Crippen LogP contribution in [0.3, 0.4) is 0 Å². The molecule has 7 heteroatoms. The summed E-state index contributed by atoms with van der Waals surface area (Å²) >= 11 is 3.51. The quantitative estimate of drug-likeness (QED) is 0.412. The van der Waals surface area contributed by atoms with E-state index in [9.17, 15) is 9.59 Å². The number of piperazine rings is 1. The van der Waals surface area contributed by atoms with Gasteiger partial charge in [0.25, 0.3) is 0 Å². The molecule has 2 amide bonds. The molecule has 4 aromatic rings. The predicted molar refractivity (Wildman–Crippen MR) is 137 cm³/mol. The third-order valence-corrected chi connectivity index (χ3v) is 7.59. The Morgan fingerprint density at radius 1 is 1.00 bits per heavy atom. The van der Waals surface area contributed by atoms with E-state index in [0.29, 0.717) is 13.0 Å². The number of aromatic amines is 1. The Morgan fingerprint density at radius 3 is 2.49 bits per heavy atom. The zero-order valence-electron chi connectivity index (χ0n) is 19.2. The molecule has 176 valence electrons. The molecule has 0 spiro atoms. The molecule has 0 saturated carbocycles. The fraction of sp³-hybridized carbons (Fsp3) is 0.214. The van der Waals surface area contributed by atoms with Crippen molar-refractivity contribution in [2.75, 3.05) is 13.7 Å². The number of aromatic nitrogens is 1. The highest BCUT2D eigenvalue weighted by molar-refractivity contribution is 9.10. The SMILES string of the molecule is COc1ccc(CN2CC(=O)N3[C@H](c4ccc(Br)cc4)c4[nH]c5ccccc5c4C[C@H]3C2=O)cc1. The van der Waals surface area contributed by atoms with E-state index in [4.69, 9.17) is 4.74 Å². The fourth-order valence-electron chi connectivity index (χ4n) is 5.40. The minimum Gasteiger partial charge on any atom is -0.497 e. The summed E-state index contributed by atoms with van der Waals surface area (Å²) in [5, 5.41) is 1.11. The second-order valence-corrected chi connectivity index (χ2v) is 10.00. The monoisotopic (exact) mass is 529 g/mol. The summed E-state index contributed by atoms with van der Waals surface area (Å²) in [5.41, 5.74) is 5.08. The van der Waals surface area contributed by atoms with E-state index >= 15 is 0 Å². The Morgan fingerprint density at radius 2 is 1.74 bits per heavy atom. The Balaban J connectivity index is 1.41. The third kappa shape index (κ3) is 3.71. The van der Waals surface area contributed by atoms with Crippen molar-refractivity contribution in [3.05, 3.63) is 99.7 Å². The lowest BCUT2D eigenvalue weighted by atomic mass is 9.86. The summed E-state index contributed by atoms with van der Waals surface area (Å²) in [5.74, 6) is 0.705. The zero-order chi connectivity index (χ0) is 24.1. The van der Waals surface area contributed by atoms with E-state index in [1.54, 1.807) is 16.9 Å². The largest absolute Gasteiger partial charge is 0.497 e. The van der Waals surface area contributed by atoms with Gasteiger partial charge in [0.05, 0.1) is 13.2 Å². The number of methoxy groups -OCH3 is 1. The van der Waals surface area contributed by atoms with Crippen LogP contribution in [0.1, 0.15) is 28.4 Å². The van der Waals surface area contributed by atoms with Gasteiger partial charge in [0, 0.05) is 34.0 Å². The number of rotatable bonds is 4. The second kappa shape index (κ2) is 8.57. The molecular formula is C28H24BrN3O3. The summed E-state index contributed by atoms with van der Waals surface area (Å²) in [6.07, 6.45) is 0.496. The van der Waals surface area contributed by atoms with E-state index in [-0.39, 0.29) is 24.4 Å². The van der Waals surface area contributed by atoms with E-state index in [1.165, 1.54) is 0 Å². The highest BCUT2D eigenvalue weighted by Crippen LogP contribution is 2.42. The molecule has 0 aliphatic carbocycles. The summed E-state index contributed by atoms with van der Waals surface area (Å²) < 4.78 is 6.21. The lowest BCUT2D eigenvalue weighted by molar-refractivity contribution is -0.159. The molecule has 2 atom stereocenters. The van der Waals surface area contributed by atoms with Gasteiger partial charge < -0.3 is 19.5 Å². The van der Waals surface area contributed by atoms with Crippen LogP contribution in [0.4, 0.5) is 0 Å². The van der Waals surface area contributed by atoms with Crippen LogP contribution in [0.2, 0.25) is 0 Å². The van der Waals surface area contributed by atoms with Gasteiger partial charge in [-0.1, -0.05) is 58.4 Å². The Bertz CT molecular complexity index is 1430. The molecule has 1 saturated heterocycles. The standard InChI is InChI=1S/C28H24BrN3O3/c1-35-20-12-6-17(7-13-20)15-31-16-25(33)32-24(28(31)34)14-22-21-4-2-3-5-23(21)30-26(22)27(32)18-8-10-19(29)11-9-18/h2-13,24,27,30H,14-16H2,1H3/t24-,27+/m0/s1. The Kier molecular flexibility index (Phi) is 5.37. The van der Waals surface area contributed by atoms with E-state index in [2.05, 4.69) is 27.0 Å². The number of benzene rings is 3. The number of fused-ring (bicyclic) bond motifs is 4. The van der Waals surface area contributed by atoms with Gasteiger partial charge in [-0.2, -0.15) is 0 Å². The maximum Gasteiger partial charge on any atom is 0.246 e. The first-order chi connectivity index (χ1) is 17.0. The van der Waals surface area contributed by atoms with E-state index in [0.717, 1.165) is 43.5 Å². The third-order valence-electron chi connectivity index (χ3n) is 7.06. The molecule has 3 aromatic carbocycles. The normalized spacial score (nSPS) is 19.6. The van der Waals surface area contributed by atoms with Crippen molar-refractivity contribution < 1.29 is 14.3 Å². The van der Waals surface area contributed by atoms with Gasteiger partial charge in [-0.3, -0.25) is 9.59 Å². The summed E-state index contributed by atoms with van der Waals surface area (Å²) in [6.45, 7) is 0.451. The number of amides is 2. The first-order valence-electron chi connectivity index (χ1n) is 11.6. The molecule has 2 aliphatic heterocycles. The van der Waals surface area contributed by atoms with Crippen molar-refractivity contribution in [3.8, 4) is 5.75 Å². The Labute approximate surface area is 211 Å². The molecule has 0 unspecified atom stereocenters. The lowest BCUT2D eigenvalue weighted by Crippen LogP contribution is -2.62. The number of carbonyl (C=O) groups excluding carboxylic acids is 2. The molecule has 6 nitrogen and oxygen atoms in total. The van der Waals surface area contributed by atoms with Gasteiger partial charge in [-0.25, -0.2) is 0 Å².